The zero-order valence-electron chi connectivity index (χ0n) is 11.3. The molecule has 0 unspecified atom stereocenters. The highest BCUT2D eigenvalue weighted by atomic mass is 79.9. The minimum Gasteiger partial charge on any atom is -0.485 e. The van der Waals surface area contributed by atoms with E-state index in [0.717, 1.165) is 27.9 Å². The summed E-state index contributed by atoms with van der Waals surface area (Å²) in [5, 5.41) is 5.26. The molecule has 1 heterocycles. The molecule has 1 N–H and O–H groups in total. The molecule has 0 aliphatic rings. The Morgan fingerprint density at radius 1 is 1.40 bits per heavy atom. The normalized spacial score (nSPS) is 10.8. The van der Waals surface area contributed by atoms with E-state index in [1.54, 1.807) is 17.4 Å². The summed E-state index contributed by atoms with van der Waals surface area (Å²) < 4.78 is 20.6. The van der Waals surface area contributed by atoms with E-state index in [9.17, 15) is 4.39 Å². The Morgan fingerprint density at radius 2 is 2.25 bits per heavy atom. The van der Waals surface area contributed by atoms with Crippen LogP contribution in [0.5, 0.6) is 5.75 Å². The van der Waals surface area contributed by atoms with E-state index in [4.69, 9.17) is 4.74 Å². The van der Waals surface area contributed by atoms with Gasteiger partial charge in [-0.3, -0.25) is 0 Å². The second-order valence-electron chi connectivity index (χ2n) is 4.42. The maximum absolute atomic E-state index is 13.9. The summed E-state index contributed by atoms with van der Waals surface area (Å²) in [6.45, 7) is 4.02. The molecule has 0 spiro atoms. The fraction of sp³-hybridized carbons (Fsp3) is 0.333. The third-order valence-electron chi connectivity index (χ3n) is 2.77. The van der Waals surface area contributed by atoms with Gasteiger partial charge in [0.15, 0.2) is 11.6 Å². The minimum atomic E-state index is -0.309. The molecule has 2 nitrogen and oxygen atoms in total. The number of thiophene rings is 1. The molecule has 0 saturated carbocycles. The third kappa shape index (κ3) is 4.30. The Bertz CT molecular complexity index is 559. The minimum absolute atomic E-state index is 0.309. The predicted octanol–water partition coefficient (Wildman–Crippen LogP) is 4.73. The van der Waals surface area contributed by atoms with Crippen LogP contribution in [0, 0.1) is 5.82 Å². The highest BCUT2D eigenvalue weighted by Gasteiger charge is 2.10. The SMILES string of the molecule is CCCNCc1cccc(F)c1OCc1cc(Br)cs1. The van der Waals surface area contributed by atoms with Crippen molar-refractivity contribution in [1.82, 2.24) is 5.32 Å². The van der Waals surface area contributed by atoms with Gasteiger partial charge >= 0.3 is 0 Å². The summed E-state index contributed by atoms with van der Waals surface area (Å²) in [6.07, 6.45) is 1.05. The average molecular weight is 358 g/mol. The van der Waals surface area contributed by atoms with Gasteiger partial charge in [0.1, 0.15) is 6.61 Å². The van der Waals surface area contributed by atoms with Crippen molar-refractivity contribution in [3.05, 3.63) is 50.4 Å². The molecule has 0 bridgehead atoms. The predicted molar refractivity (Wildman–Crippen MR) is 84.7 cm³/mol. The van der Waals surface area contributed by atoms with Crippen LogP contribution in [0.25, 0.3) is 0 Å². The van der Waals surface area contributed by atoms with Gasteiger partial charge in [0.25, 0.3) is 0 Å². The van der Waals surface area contributed by atoms with Crippen molar-refractivity contribution < 1.29 is 9.13 Å². The zero-order chi connectivity index (χ0) is 14.4. The molecular weight excluding hydrogens is 341 g/mol. The standard InChI is InChI=1S/C15H17BrFNOS/c1-2-6-18-8-11-4-3-5-14(17)15(11)19-9-13-7-12(16)10-20-13/h3-5,7,10,18H,2,6,8-9H2,1H3. The van der Waals surface area contributed by atoms with Gasteiger partial charge < -0.3 is 10.1 Å². The van der Waals surface area contributed by atoms with E-state index in [0.29, 0.717) is 18.9 Å². The second-order valence-corrected chi connectivity index (χ2v) is 6.34. The zero-order valence-corrected chi connectivity index (χ0v) is 13.7. The topological polar surface area (TPSA) is 21.3 Å². The van der Waals surface area contributed by atoms with Gasteiger partial charge in [-0.05, 0) is 41.0 Å². The lowest BCUT2D eigenvalue weighted by molar-refractivity contribution is 0.289. The second kappa shape index (κ2) is 7.76. The first-order chi connectivity index (χ1) is 9.70. The first kappa shape index (κ1) is 15.5. The molecule has 1 aromatic heterocycles. The van der Waals surface area contributed by atoms with Crippen LogP contribution >= 0.6 is 27.3 Å². The molecule has 5 heteroatoms. The van der Waals surface area contributed by atoms with Crippen LogP contribution in [-0.4, -0.2) is 6.54 Å². The number of hydrogen-bond acceptors (Lipinski definition) is 3. The van der Waals surface area contributed by atoms with Gasteiger partial charge in [-0.1, -0.05) is 19.1 Å². The van der Waals surface area contributed by atoms with Crippen molar-refractivity contribution in [2.45, 2.75) is 26.5 Å². The van der Waals surface area contributed by atoms with Crippen LogP contribution in [0.15, 0.2) is 34.1 Å². The molecule has 0 amide bonds. The number of ether oxygens (including phenoxy) is 1. The van der Waals surface area contributed by atoms with Crippen molar-refractivity contribution >= 4 is 27.3 Å². The maximum Gasteiger partial charge on any atom is 0.165 e. The largest absolute Gasteiger partial charge is 0.485 e. The molecular formula is C15H17BrFNOS. The van der Waals surface area contributed by atoms with Crippen LogP contribution in [-0.2, 0) is 13.2 Å². The molecule has 0 fully saturated rings. The van der Waals surface area contributed by atoms with E-state index in [2.05, 4.69) is 28.2 Å². The van der Waals surface area contributed by atoms with E-state index in [-0.39, 0.29) is 5.82 Å². The summed E-state index contributed by atoms with van der Waals surface area (Å²) in [5.74, 6) is 0.0389. The molecule has 20 heavy (non-hydrogen) atoms. The van der Waals surface area contributed by atoms with Gasteiger partial charge in [0, 0.05) is 26.8 Å². The fourth-order valence-electron chi connectivity index (χ4n) is 1.83. The lowest BCUT2D eigenvalue weighted by atomic mass is 10.2. The van der Waals surface area contributed by atoms with Crippen molar-refractivity contribution in [2.75, 3.05) is 6.54 Å². The Kier molecular flexibility index (Phi) is 6.01. The fourth-order valence-corrected chi connectivity index (χ4v) is 3.19. The summed E-state index contributed by atoms with van der Waals surface area (Å²) in [4.78, 5) is 1.06. The van der Waals surface area contributed by atoms with Crippen LogP contribution in [0.1, 0.15) is 23.8 Å². The molecule has 1 aromatic carbocycles. The Labute approximate surface area is 131 Å². The molecule has 0 aliphatic carbocycles. The summed E-state index contributed by atoms with van der Waals surface area (Å²) >= 11 is 4.99. The Hall–Kier alpha value is -0.910. The third-order valence-corrected chi connectivity index (χ3v) is 4.44. The van der Waals surface area contributed by atoms with Crippen molar-refractivity contribution in [1.29, 1.82) is 0 Å². The number of rotatable bonds is 7. The van der Waals surface area contributed by atoms with E-state index in [1.165, 1.54) is 6.07 Å². The van der Waals surface area contributed by atoms with Gasteiger partial charge in [-0.25, -0.2) is 4.39 Å². The van der Waals surface area contributed by atoms with E-state index >= 15 is 0 Å². The highest BCUT2D eigenvalue weighted by molar-refractivity contribution is 9.10. The molecule has 108 valence electrons. The first-order valence-electron chi connectivity index (χ1n) is 6.54. The van der Waals surface area contributed by atoms with E-state index < -0.39 is 0 Å². The number of halogens is 2. The maximum atomic E-state index is 13.9. The molecule has 0 atom stereocenters. The summed E-state index contributed by atoms with van der Waals surface area (Å²) in [7, 11) is 0. The number of nitrogens with one attached hydrogen (secondary N) is 1. The van der Waals surface area contributed by atoms with Crippen LogP contribution in [0.4, 0.5) is 4.39 Å². The van der Waals surface area contributed by atoms with E-state index in [1.807, 2.05) is 17.5 Å². The summed E-state index contributed by atoms with van der Waals surface area (Å²) in [5.41, 5.74) is 0.856. The molecule has 2 aromatic rings. The molecule has 0 aliphatic heterocycles. The van der Waals surface area contributed by atoms with Gasteiger partial charge in [-0.2, -0.15) is 0 Å². The lowest BCUT2D eigenvalue weighted by Gasteiger charge is -2.12. The summed E-state index contributed by atoms with van der Waals surface area (Å²) in [6, 6.07) is 7.03. The molecule has 0 saturated heterocycles. The van der Waals surface area contributed by atoms with Crippen LogP contribution < -0.4 is 10.1 Å². The highest BCUT2D eigenvalue weighted by Crippen LogP contribution is 2.26. The molecule has 0 radical (unpaired) electrons. The Morgan fingerprint density at radius 3 is 2.95 bits per heavy atom. The van der Waals surface area contributed by atoms with Gasteiger partial charge in [-0.15, -0.1) is 11.3 Å². The number of para-hydroxylation sites is 1. The number of hydrogen-bond donors (Lipinski definition) is 1. The quantitative estimate of drug-likeness (QED) is 0.723. The van der Waals surface area contributed by atoms with Crippen molar-refractivity contribution in [3.8, 4) is 5.75 Å². The molecule has 2 rings (SSSR count). The smallest absolute Gasteiger partial charge is 0.165 e. The number of benzene rings is 1. The van der Waals surface area contributed by atoms with Gasteiger partial charge in [0.05, 0.1) is 0 Å². The van der Waals surface area contributed by atoms with Crippen LogP contribution in [0.2, 0.25) is 0 Å². The average Bonchev–Trinajstić information content (AvgIpc) is 2.84. The van der Waals surface area contributed by atoms with Crippen molar-refractivity contribution in [3.63, 3.8) is 0 Å². The first-order valence-corrected chi connectivity index (χ1v) is 8.21. The monoisotopic (exact) mass is 357 g/mol. The van der Waals surface area contributed by atoms with Crippen LogP contribution in [0.3, 0.4) is 0 Å². The lowest BCUT2D eigenvalue weighted by Crippen LogP contribution is -2.15. The van der Waals surface area contributed by atoms with Crippen molar-refractivity contribution in [2.24, 2.45) is 0 Å². The Balaban J connectivity index is 2.04. The van der Waals surface area contributed by atoms with Gasteiger partial charge in [0.2, 0.25) is 0 Å².